The van der Waals surface area contributed by atoms with Crippen molar-refractivity contribution in [2.75, 3.05) is 40.0 Å². The minimum Gasteiger partial charge on any atom is -0.486 e. The number of hydrogen-bond donors (Lipinski definition) is 2. The van der Waals surface area contributed by atoms with E-state index in [1.54, 1.807) is 18.3 Å². The molecule has 0 spiro atoms. The second-order valence-corrected chi connectivity index (χ2v) is 8.52. The van der Waals surface area contributed by atoms with E-state index in [0.29, 0.717) is 73.2 Å². The highest BCUT2D eigenvalue weighted by Crippen LogP contribution is 2.29. The van der Waals surface area contributed by atoms with Crippen molar-refractivity contribution in [2.24, 2.45) is 0 Å². The van der Waals surface area contributed by atoms with E-state index in [-0.39, 0.29) is 36.7 Å². The van der Waals surface area contributed by atoms with Crippen molar-refractivity contribution < 1.29 is 23.7 Å². The molecule has 2 atom stereocenters. The maximum atomic E-state index is 14.6. The van der Waals surface area contributed by atoms with Crippen LogP contribution >= 0.6 is 24.8 Å². The number of pyridine rings is 3. The predicted octanol–water partition coefficient (Wildman–Crippen LogP) is 2.55. The van der Waals surface area contributed by atoms with Gasteiger partial charge in [0.25, 0.3) is 0 Å². The Morgan fingerprint density at radius 3 is 2.75 bits per heavy atom. The Bertz CT molecular complexity index is 1170. The van der Waals surface area contributed by atoms with Gasteiger partial charge < -0.3 is 29.5 Å². The summed E-state index contributed by atoms with van der Waals surface area (Å²) in [5.41, 5.74) is 2.50. The molecule has 5 rings (SSSR count). The smallest absolute Gasteiger partial charge is 0.213 e. The van der Waals surface area contributed by atoms with Gasteiger partial charge in [-0.05, 0) is 25.5 Å². The summed E-state index contributed by atoms with van der Waals surface area (Å²) in [6, 6.07) is 5.32. The van der Waals surface area contributed by atoms with E-state index < -0.39 is 6.10 Å². The molecule has 2 aliphatic heterocycles. The molecule has 36 heavy (non-hydrogen) atoms. The predicted molar refractivity (Wildman–Crippen MR) is 137 cm³/mol. The van der Waals surface area contributed by atoms with Gasteiger partial charge in [-0.3, -0.25) is 9.97 Å². The van der Waals surface area contributed by atoms with Gasteiger partial charge in [-0.15, -0.1) is 24.8 Å². The third-order valence-electron chi connectivity index (χ3n) is 6.32. The quantitative estimate of drug-likeness (QED) is 0.467. The van der Waals surface area contributed by atoms with Gasteiger partial charge in [0.1, 0.15) is 19.0 Å². The number of halogens is 3. The number of β-amino-alcohol motifs (C(OH)–C–C–N with tert-alkyl or cyclic N) is 1. The second kappa shape index (κ2) is 12.6. The van der Waals surface area contributed by atoms with Crippen molar-refractivity contribution in [1.29, 1.82) is 0 Å². The zero-order valence-electron chi connectivity index (χ0n) is 19.9. The van der Waals surface area contributed by atoms with Crippen LogP contribution in [0.25, 0.3) is 11.0 Å². The highest BCUT2D eigenvalue weighted by atomic mass is 35.5. The molecule has 3 aromatic heterocycles. The van der Waals surface area contributed by atoms with Crippen LogP contribution in [0.2, 0.25) is 0 Å². The number of aliphatic hydroxyl groups is 1. The molecule has 0 aliphatic carbocycles. The molecule has 0 radical (unpaired) electrons. The number of ether oxygens (including phenoxy) is 3. The Balaban J connectivity index is 0.00000180. The van der Waals surface area contributed by atoms with Crippen LogP contribution in [0.15, 0.2) is 30.6 Å². The molecular weight excluding hydrogens is 512 g/mol. The summed E-state index contributed by atoms with van der Waals surface area (Å²) in [6.45, 7) is 3.51. The SMILES string of the molecule is COc1ccc2ncc(F)c(CCN3CC[C@H](NCc4cc5c(cn4)OCCO5)[C@H](O)C3)c2n1.Cl.Cl. The number of rotatable bonds is 7. The Kier molecular flexibility index (Phi) is 9.86. The number of fused-ring (bicyclic) bond motifs is 2. The van der Waals surface area contributed by atoms with Gasteiger partial charge in [-0.2, -0.15) is 0 Å². The van der Waals surface area contributed by atoms with Crippen molar-refractivity contribution in [3.05, 3.63) is 47.7 Å². The standard InChI is InChI=1S/C24H28FN5O4.2ClH/c1-32-23-3-2-19-24(29-23)16(17(25)12-28-19)4-6-30-7-5-18(20(31)14-30)27-11-15-10-21-22(13-26-15)34-9-8-33-21;;/h2-3,10,12-13,18,20,27,31H,4-9,11,14H2,1H3;2*1H/t18-,20+;;/m0../s1. The zero-order valence-corrected chi connectivity index (χ0v) is 21.5. The van der Waals surface area contributed by atoms with E-state index in [0.717, 1.165) is 18.7 Å². The van der Waals surface area contributed by atoms with Gasteiger partial charge in [0.05, 0.1) is 42.3 Å². The van der Waals surface area contributed by atoms with Crippen molar-refractivity contribution in [1.82, 2.24) is 25.2 Å². The molecule has 1 saturated heterocycles. The van der Waals surface area contributed by atoms with Crippen LogP contribution < -0.4 is 19.5 Å². The summed E-state index contributed by atoms with van der Waals surface area (Å²) in [4.78, 5) is 15.1. The number of methoxy groups -OCH3 is 1. The van der Waals surface area contributed by atoms with Crippen molar-refractivity contribution >= 4 is 35.8 Å². The van der Waals surface area contributed by atoms with Gasteiger partial charge in [0, 0.05) is 43.4 Å². The lowest BCUT2D eigenvalue weighted by Crippen LogP contribution is -2.52. The fourth-order valence-electron chi connectivity index (χ4n) is 4.46. The number of aromatic nitrogens is 3. The summed E-state index contributed by atoms with van der Waals surface area (Å²) in [6.07, 6.45) is 3.62. The lowest BCUT2D eigenvalue weighted by molar-refractivity contribution is 0.0402. The third-order valence-corrected chi connectivity index (χ3v) is 6.32. The van der Waals surface area contributed by atoms with E-state index in [1.807, 2.05) is 6.07 Å². The number of nitrogens with zero attached hydrogens (tertiary/aromatic N) is 4. The molecule has 1 fully saturated rings. The molecular formula is C24H30Cl2FN5O4. The Labute approximate surface area is 221 Å². The fraction of sp³-hybridized carbons (Fsp3) is 0.458. The number of nitrogens with one attached hydrogen (secondary N) is 1. The summed E-state index contributed by atoms with van der Waals surface area (Å²) in [7, 11) is 1.53. The van der Waals surface area contributed by atoms with Crippen molar-refractivity contribution in [3.8, 4) is 17.4 Å². The molecule has 196 valence electrons. The molecule has 2 N–H and O–H groups in total. The normalized spacial score (nSPS) is 19.3. The molecule has 12 heteroatoms. The van der Waals surface area contributed by atoms with Crippen molar-refractivity contribution in [2.45, 2.75) is 31.5 Å². The first-order chi connectivity index (χ1) is 16.6. The summed E-state index contributed by atoms with van der Waals surface area (Å²) in [5.74, 6) is 1.42. The first-order valence-electron chi connectivity index (χ1n) is 11.5. The second-order valence-electron chi connectivity index (χ2n) is 8.52. The van der Waals surface area contributed by atoms with Crippen LogP contribution in [0.1, 0.15) is 17.7 Å². The van der Waals surface area contributed by atoms with E-state index in [2.05, 4.69) is 25.2 Å². The average Bonchev–Trinajstić information content (AvgIpc) is 2.87. The lowest BCUT2D eigenvalue weighted by atomic mass is 10.0. The number of piperidine rings is 1. The minimum absolute atomic E-state index is 0. The minimum atomic E-state index is -0.539. The van der Waals surface area contributed by atoms with E-state index in [1.165, 1.54) is 13.3 Å². The molecule has 0 aromatic carbocycles. The highest BCUT2D eigenvalue weighted by Gasteiger charge is 2.27. The molecule has 9 nitrogen and oxygen atoms in total. The molecule has 0 saturated carbocycles. The maximum Gasteiger partial charge on any atom is 0.213 e. The Morgan fingerprint density at radius 2 is 1.97 bits per heavy atom. The molecule has 3 aromatic rings. The zero-order chi connectivity index (χ0) is 23.5. The number of likely N-dealkylation sites (tertiary alicyclic amines) is 1. The lowest BCUT2D eigenvalue weighted by Gasteiger charge is -2.36. The van der Waals surface area contributed by atoms with Gasteiger partial charge in [-0.25, -0.2) is 9.37 Å². The highest BCUT2D eigenvalue weighted by molar-refractivity contribution is 5.85. The third kappa shape index (κ3) is 6.24. The molecule has 5 heterocycles. The van der Waals surface area contributed by atoms with Gasteiger partial charge in [-0.1, -0.05) is 0 Å². The first kappa shape index (κ1) is 28.1. The number of hydrogen-bond acceptors (Lipinski definition) is 9. The summed E-state index contributed by atoms with van der Waals surface area (Å²) in [5, 5.41) is 14.1. The van der Waals surface area contributed by atoms with E-state index >= 15 is 0 Å². The summed E-state index contributed by atoms with van der Waals surface area (Å²) >= 11 is 0. The first-order valence-corrected chi connectivity index (χ1v) is 11.5. The van der Waals surface area contributed by atoms with Gasteiger partial charge in [0.15, 0.2) is 11.5 Å². The van der Waals surface area contributed by atoms with Crippen molar-refractivity contribution in [3.63, 3.8) is 0 Å². The average molecular weight is 542 g/mol. The van der Waals surface area contributed by atoms with Gasteiger partial charge in [0.2, 0.25) is 5.88 Å². The molecule has 0 amide bonds. The van der Waals surface area contributed by atoms with Gasteiger partial charge >= 0.3 is 0 Å². The Morgan fingerprint density at radius 1 is 1.17 bits per heavy atom. The van der Waals surface area contributed by atoms with Crippen LogP contribution in [0.4, 0.5) is 4.39 Å². The monoisotopic (exact) mass is 541 g/mol. The molecule has 0 unspecified atom stereocenters. The Hall–Kier alpha value is -2.50. The van der Waals surface area contributed by atoms with Crippen LogP contribution in [0.3, 0.4) is 0 Å². The van der Waals surface area contributed by atoms with Crippen LogP contribution in [-0.4, -0.2) is 77.1 Å². The molecule has 2 aliphatic rings. The van der Waals surface area contributed by atoms with E-state index in [9.17, 15) is 9.50 Å². The van der Waals surface area contributed by atoms with E-state index in [4.69, 9.17) is 14.2 Å². The topological polar surface area (TPSA) is 102 Å². The largest absolute Gasteiger partial charge is 0.486 e. The summed E-state index contributed by atoms with van der Waals surface area (Å²) < 4.78 is 30.9. The van der Waals surface area contributed by atoms with Crippen LogP contribution in [-0.2, 0) is 13.0 Å². The molecule has 0 bridgehead atoms. The number of aliphatic hydroxyl groups excluding tert-OH is 1. The maximum absolute atomic E-state index is 14.6. The van der Waals surface area contributed by atoms with Crippen LogP contribution in [0.5, 0.6) is 17.4 Å². The fourth-order valence-corrected chi connectivity index (χ4v) is 4.46. The van der Waals surface area contributed by atoms with Crippen LogP contribution in [0, 0.1) is 5.82 Å².